The van der Waals surface area contributed by atoms with Crippen LogP contribution in [0.15, 0.2) is 53.0 Å². The molecule has 24 heavy (non-hydrogen) atoms. The van der Waals surface area contributed by atoms with E-state index in [0.717, 1.165) is 10.0 Å². The number of halogens is 1. The first kappa shape index (κ1) is 18.0. The first-order valence-corrected chi connectivity index (χ1v) is 8.33. The van der Waals surface area contributed by atoms with E-state index in [2.05, 4.69) is 26.8 Å². The van der Waals surface area contributed by atoms with Gasteiger partial charge in [0.05, 0.1) is 12.5 Å². The predicted octanol–water partition coefficient (Wildman–Crippen LogP) is 3.24. The molecule has 2 amide bonds. The number of rotatable bonds is 5. The Morgan fingerprint density at radius 1 is 1.00 bits per heavy atom. The first-order valence-electron chi connectivity index (χ1n) is 7.54. The maximum absolute atomic E-state index is 12.0. The number of benzene rings is 2. The number of hydrogen-bond donors (Lipinski definition) is 2. The zero-order valence-electron chi connectivity index (χ0n) is 13.5. The average molecular weight is 391 g/mol. The first-order chi connectivity index (χ1) is 11.4. The van der Waals surface area contributed by atoms with Crippen LogP contribution in [0.1, 0.15) is 29.8 Å². The van der Waals surface area contributed by atoms with Crippen LogP contribution in [0.5, 0.6) is 5.75 Å². The monoisotopic (exact) mass is 390 g/mol. The second-order valence-electron chi connectivity index (χ2n) is 5.50. The second kappa shape index (κ2) is 8.49. The highest BCUT2D eigenvalue weighted by atomic mass is 79.9. The number of carbonyl (C=O) groups is 2. The molecule has 0 aliphatic rings. The molecule has 0 unspecified atom stereocenters. The largest absolute Gasteiger partial charge is 0.491 e. The van der Waals surface area contributed by atoms with Gasteiger partial charge in [-0.05, 0) is 55.8 Å². The van der Waals surface area contributed by atoms with Gasteiger partial charge >= 0.3 is 0 Å². The molecule has 2 N–H and O–H groups in total. The number of carbonyl (C=O) groups excluding carboxylic acids is 2. The smallest absolute Gasteiger partial charge is 0.269 e. The van der Waals surface area contributed by atoms with Gasteiger partial charge in [-0.15, -0.1) is 0 Å². The number of hydrazine groups is 1. The third kappa shape index (κ3) is 5.70. The maximum Gasteiger partial charge on any atom is 0.269 e. The van der Waals surface area contributed by atoms with Gasteiger partial charge in [0, 0.05) is 10.0 Å². The van der Waals surface area contributed by atoms with Gasteiger partial charge in [-0.3, -0.25) is 20.4 Å². The SMILES string of the molecule is CC(C)Oc1ccc(C(=O)NNC(=O)Cc2ccc(Br)cc2)cc1. The lowest BCUT2D eigenvalue weighted by Crippen LogP contribution is -2.42. The van der Waals surface area contributed by atoms with E-state index in [1.165, 1.54) is 0 Å². The van der Waals surface area contributed by atoms with Gasteiger partial charge in [0.15, 0.2) is 0 Å². The fraction of sp³-hybridized carbons (Fsp3) is 0.222. The molecule has 0 aliphatic carbocycles. The van der Waals surface area contributed by atoms with E-state index in [1.807, 2.05) is 38.1 Å². The molecule has 0 radical (unpaired) electrons. The molecule has 0 fully saturated rings. The van der Waals surface area contributed by atoms with Crippen LogP contribution in [0, 0.1) is 0 Å². The minimum absolute atomic E-state index is 0.0718. The summed E-state index contributed by atoms with van der Waals surface area (Å²) in [6.45, 7) is 3.86. The average Bonchev–Trinajstić information content (AvgIpc) is 2.55. The molecule has 2 aromatic rings. The van der Waals surface area contributed by atoms with Crippen molar-refractivity contribution in [3.8, 4) is 5.75 Å². The summed E-state index contributed by atoms with van der Waals surface area (Å²) in [5.41, 5.74) is 6.11. The molecule has 2 rings (SSSR count). The predicted molar refractivity (Wildman–Crippen MR) is 95.7 cm³/mol. The van der Waals surface area contributed by atoms with Crippen LogP contribution < -0.4 is 15.6 Å². The normalized spacial score (nSPS) is 10.3. The van der Waals surface area contributed by atoms with Gasteiger partial charge in [-0.1, -0.05) is 28.1 Å². The lowest BCUT2D eigenvalue weighted by atomic mass is 10.1. The summed E-state index contributed by atoms with van der Waals surface area (Å²) in [5, 5.41) is 0. The summed E-state index contributed by atoms with van der Waals surface area (Å²) in [4.78, 5) is 23.9. The molecule has 126 valence electrons. The summed E-state index contributed by atoms with van der Waals surface area (Å²) in [7, 11) is 0. The van der Waals surface area contributed by atoms with Gasteiger partial charge in [-0.2, -0.15) is 0 Å². The van der Waals surface area contributed by atoms with Crippen LogP contribution in [0.25, 0.3) is 0 Å². The Morgan fingerprint density at radius 3 is 2.21 bits per heavy atom. The Hall–Kier alpha value is -2.34. The summed E-state index contributed by atoms with van der Waals surface area (Å²) in [6, 6.07) is 14.2. The van der Waals surface area contributed by atoms with Crippen molar-refractivity contribution in [2.45, 2.75) is 26.4 Å². The van der Waals surface area contributed by atoms with Gasteiger partial charge < -0.3 is 4.74 Å². The number of amides is 2. The van der Waals surface area contributed by atoms with Crippen molar-refractivity contribution in [2.75, 3.05) is 0 Å². The Labute approximate surface area is 149 Å². The number of hydrogen-bond acceptors (Lipinski definition) is 3. The van der Waals surface area contributed by atoms with Crippen molar-refractivity contribution in [1.29, 1.82) is 0 Å². The van der Waals surface area contributed by atoms with Crippen molar-refractivity contribution < 1.29 is 14.3 Å². The Balaban J connectivity index is 1.83. The standard InChI is InChI=1S/C18H19BrN2O3/c1-12(2)24-16-9-5-14(6-10-16)18(23)21-20-17(22)11-13-3-7-15(19)8-4-13/h3-10,12H,11H2,1-2H3,(H,20,22)(H,21,23). The number of ether oxygens (including phenoxy) is 1. The molecule has 0 aliphatic heterocycles. The minimum atomic E-state index is -0.379. The minimum Gasteiger partial charge on any atom is -0.491 e. The van der Waals surface area contributed by atoms with Crippen LogP contribution in [0.4, 0.5) is 0 Å². The molecule has 0 saturated heterocycles. The summed E-state index contributed by atoms with van der Waals surface area (Å²) < 4.78 is 6.47. The van der Waals surface area contributed by atoms with Crippen molar-refractivity contribution >= 4 is 27.7 Å². The molecule has 0 saturated carbocycles. The molecule has 0 aromatic heterocycles. The number of nitrogens with one attached hydrogen (secondary N) is 2. The third-order valence-electron chi connectivity index (χ3n) is 3.08. The molecular formula is C18H19BrN2O3. The van der Waals surface area contributed by atoms with Crippen LogP contribution in [0.3, 0.4) is 0 Å². The van der Waals surface area contributed by atoms with E-state index in [-0.39, 0.29) is 24.3 Å². The van der Waals surface area contributed by atoms with Crippen molar-refractivity contribution in [2.24, 2.45) is 0 Å². The van der Waals surface area contributed by atoms with Crippen molar-refractivity contribution in [3.63, 3.8) is 0 Å². The lowest BCUT2D eigenvalue weighted by Gasteiger charge is -2.10. The van der Waals surface area contributed by atoms with E-state index in [1.54, 1.807) is 24.3 Å². The molecule has 6 heteroatoms. The highest BCUT2D eigenvalue weighted by Crippen LogP contribution is 2.13. The maximum atomic E-state index is 12.0. The highest BCUT2D eigenvalue weighted by Gasteiger charge is 2.08. The van der Waals surface area contributed by atoms with Crippen LogP contribution in [-0.2, 0) is 11.2 Å². The molecule has 0 heterocycles. The van der Waals surface area contributed by atoms with Gasteiger partial charge in [0.2, 0.25) is 5.91 Å². The van der Waals surface area contributed by atoms with E-state index < -0.39 is 0 Å². The van der Waals surface area contributed by atoms with E-state index in [9.17, 15) is 9.59 Å². The van der Waals surface area contributed by atoms with Crippen molar-refractivity contribution in [1.82, 2.24) is 10.9 Å². The van der Waals surface area contributed by atoms with Crippen molar-refractivity contribution in [3.05, 3.63) is 64.1 Å². The van der Waals surface area contributed by atoms with Crippen LogP contribution in [-0.4, -0.2) is 17.9 Å². The fourth-order valence-electron chi connectivity index (χ4n) is 1.99. The fourth-order valence-corrected chi connectivity index (χ4v) is 2.25. The van der Waals surface area contributed by atoms with Gasteiger partial charge in [-0.25, -0.2) is 0 Å². The van der Waals surface area contributed by atoms with Gasteiger partial charge in [0.25, 0.3) is 5.91 Å². The Bertz CT molecular complexity index is 697. The zero-order valence-corrected chi connectivity index (χ0v) is 15.1. The van der Waals surface area contributed by atoms with Gasteiger partial charge in [0.1, 0.15) is 5.75 Å². The second-order valence-corrected chi connectivity index (χ2v) is 6.41. The summed E-state index contributed by atoms with van der Waals surface area (Å²) in [5.74, 6) is 0.0292. The highest BCUT2D eigenvalue weighted by molar-refractivity contribution is 9.10. The molecule has 0 spiro atoms. The molecule has 2 aromatic carbocycles. The topological polar surface area (TPSA) is 67.4 Å². The Kier molecular flexibility index (Phi) is 6.37. The van der Waals surface area contributed by atoms with E-state index in [0.29, 0.717) is 11.3 Å². The van der Waals surface area contributed by atoms with E-state index >= 15 is 0 Å². The van der Waals surface area contributed by atoms with Crippen LogP contribution in [0.2, 0.25) is 0 Å². The molecule has 0 atom stereocenters. The molecule has 0 bridgehead atoms. The summed E-state index contributed by atoms with van der Waals surface area (Å²) in [6.07, 6.45) is 0.261. The summed E-state index contributed by atoms with van der Waals surface area (Å²) >= 11 is 3.34. The lowest BCUT2D eigenvalue weighted by molar-refractivity contribution is -0.121. The quantitative estimate of drug-likeness (QED) is 0.770. The molecule has 5 nitrogen and oxygen atoms in total. The third-order valence-corrected chi connectivity index (χ3v) is 3.61. The van der Waals surface area contributed by atoms with E-state index in [4.69, 9.17) is 4.74 Å². The molecular weight excluding hydrogens is 372 g/mol. The zero-order chi connectivity index (χ0) is 17.5. The van der Waals surface area contributed by atoms with Crippen LogP contribution >= 0.6 is 15.9 Å². The Morgan fingerprint density at radius 2 is 1.62 bits per heavy atom.